The summed E-state index contributed by atoms with van der Waals surface area (Å²) in [4.78, 5) is 5.57. The summed E-state index contributed by atoms with van der Waals surface area (Å²) in [6.07, 6.45) is 3.93. The molecule has 4 rings (SSSR count). The molecule has 124 valence electrons. The van der Waals surface area contributed by atoms with Crippen LogP contribution >= 0.6 is 11.3 Å². The zero-order chi connectivity index (χ0) is 17.1. The Morgan fingerprint density at radius 1 is 1.08 bits per heavy atom. The number of nitrogens with zero attached hydrogens (tertiary/aromatic N) is 4. The van der Waals surface area contributed by atoms with E-state index < -0.39 is 0 Å². The van der Waals surface area contributed by atoms with Crippen LogP contribution in [0.1, 0.15) is 17.0 Å². The summed E-state index contributed by atoms with van der Waals surface area (Å²) in [5, 5.41) is 8.83. The van der Waals surface area contributed by atoms with E-state index in [0.29, 0.717) is 6.54 Å². The van der Waals surface area contributed by atoms with Crippen molar-refractivity contribution in [3.05, 3.63) is 89.2 Å². The van der Waals surface area contributed by atoms with Gasteiger partial charge in [0.05, 0.1) is 29.8 Å². The molecule has 0 aliphatic carbocycles. The van der Waals surface area contributed by atoms with E-state index in [2.05, 4.69) is 45.8 Å². The van der Waals surface area contributed by atoms with Crippen LogP contribution < -0.4 is 5.01 Å². The standard InChI is InChI=1S/C20H18N4S/c1-16-19(23-12-13-25-20(23)22-16)14-21-24(18-10-6-3-7-11-18)15-17-8-4-2-5-9-17/h2-14H,15H2,1H3. The second-order valence-electron chi connectivity index (χ2n) is 5.76. The molecular weight excluding hydrogens is 328 g/mol. The Labute approximate surface area is 150 Å². The van der Waals surface area contributed by atoms with Gasteiger partial charge in [0, 0.05) is 11.6 Å². The molecule has 0 N–H and O–H groups in total. The molecule has 0 fully saturated rings. The van der Waals surface area contributed by atoms with Gasteiger partial charge >= 0.3 is 0 Å². The number of hydrazone groups is 1. The normalized spacial score (nSPS) is 11.4. The van der Waals surface area contributed by atoms with Gasteiger partial charge in [-0.3, -0.25) is 9.41 Å². The number of hydrogen-bond acceptors (Lipinski definition) is 4. The fourth-order valence-corrected chi connectivity index (χ4v) is 3.51. The van der Waals surface area contributed by atoms with Crippen molar-refractivity contribution in [1.82, 2.24) is 9.38 Å². The number of thiazole rings is 1. The minimum absolute atomic E-state index is 0.714. The predicted molar refractivity (Wildman–Crippen MR) is 104 cm³/mol. The van der Waals surface area contributed by atoms with Crippen LogP contribution in [0, 0.1) is 6.92 Å². The first-order chi connectivity index (χ1) is 12.3. The Hall–Kier alpha value is -2.92. The van der Waals surface area contributed by atoms with E-state index in [1.807, 2.05) is 54.0 Å². The maximum Gasteiger partial charge on any atom is 0.194 e. The Bertz CT molecular complexity index is 986. The number of fused-ring (bicyclic) bond motifs is 1. The maximum atomic E-state index is 4.77. The van der Waals surface area contributed by atoms with Crippen LogP contribution in [0.25, 0.3) is 4.96 Å². The molecule has 0 spiro atoms. The van der Waals surface area contributed by atoms with Crippen LogP contribution in [0.15, 0.2) is 77.3 Å². The topological polar surface area (TPSA) is 32.9 Å². The van der Waals surface area contributed by atoms with Crippen molar-refractivity contribution in [2.75, 3.05) is 5.01 Å². The number of benzene rings is 2. The molecule has 0 unspecified atom stereocenters. The van der Waals surface area contributed by atoms with Crippen molar-refractivity contribution in [1.29, 1.82) is 0 Å². The summed E-state index contributed by atoms with van der Waals surface area (Å²) in [6.45, 7) is 2.73. The fourth-order valence-electron chi connectivity index (χ4n) is 2.75. The van der Waals surface area contributed by atoms with Crippen molar-refractivity contribution in [3.63, 3.8) is 0 Å². The molecule has 0 bridgehead atoms. The van der Waals surface area contributed by atoms with Crippen LogP contribution in [-0.4, -0.2) is 15.6 Å². The van der Waals surface area contributed by atoms with Gasteiger partial charge < -0.3 is 0 Å². The minimum Gasteiger partial charge on any atom is -0.289 e. The van der Waals surface area contributed by atoms with Crippen LogP contribution in [-0.2, 0) is 6.54 Å². The molecule has 2 heterocycles. The molecule has 0 atom stereocenters. The van der Waals surface area contributed by atoms with Crippen molar-refractivity contribution in [3.8, 4) is 0 Å². The van der Waals surface area contributed by atoms with Crippen molar-refractivity contribution in [2.45, 2.75) is 13.5 Å². The number of rotatable bonds is 5. The molecule has 0 radical (unpaired) electrons. The summed E-state index contributed by atoms with van der Waals surface area (Å²) >= 11 is 1.63. The van der Waals surface area contributed by atoms with Gasteiger partial charge in [-0.15, -0.1) is 11.3 Å². The van der Waals surface area contributed by atoms with Gasteiger partial charge in [-0.05, 0) is 24.6 Å². The Balaban J connectivity index is 1.68. The van der Waals surface area contributed by atoms with Crippen molar-refractivity contribution in [2.24, 2.45) is 5.10 Å². The lowest BCUT2D eigenvalue weighted by Gasteiger charge is -2.19. The lowest BCUT2D eigenvalue weighted by atomic mass is 10.2. The van der Waals surface area contributed by atoms with Crippen molar-refractivity contribution < 1.29 is 0 Å². The van der Waals surface area contributed by atoms with Crippen LogP contribution in [0.5, 0.6) is 0 Å². The predicted octanol–water partition coefficient (Wildman–Crippen LogP) is 4.74. The monoisotopic (exact) mass is 346 g/mol. The van der Waals surface area contributed by atoms with Crippen LogP contribution in [0.3, 0.4) is 0 Å². The quantitative estimate of drug-likeness (QED) is 0.386. The highest BCUT2D eigenvalue weighted by atomic mass is 32.1. The fraction of sp³-hybridized carbons (Fsp3) is 0.100. The number of anilines is 1. The number of para-hydroxylation sites is 1. The Kier molecular flexibility index (Phi) is 4.31. The second-order valence-corrected chi connectivity index (χ2v) is 6.63. The van der Waals surface area contributed by atoms with E-state index >= 15 is 0 Å². The van der Waals surface area contributed by atoms with E-state index in [-0.39, 0.29) is 0 Å². The number of imidazole rings is 1. The van der Waals surface area contributed by atoms with Gasteiger partial charge in [-0.25, -0.2) is 4.98 Å². The van der Waals surface area contributed by atoms with Gasteiger partial charge in [0.15, 0.2) is 4.96 Å². The third kappa shape index (κ3) is 3.32. The zero-order valence-corrected chi connectivity index (χ0v) is 14.7. The molecule has 0 saturated heterocycles. The highest BCUT2D eigenvalue weighted by Gasteiger charge is 2.09. The molecule has 25 heavy (non-hydrogen) atoms. The third-order valence-corrected chi connectivity index (χ3v) is 4.79. The lowest BCUT2D eigenvalue weighted by molar-refractivity contribution is 0.857. The molecule has 0 amide bonds. The molecular formula is C20H18N4S. The molecule has 5 heteroatoms. The first-order valence-corrected chi connectivity index (χ1v) is 9.02. The first kappa shape index (κ1) is 15.6. The molecule has 4 aromatic rings. The summed E-state index contributed by atoms with van der Waals surface area (Å²) in [7, 11) is 0. The summed E-state index contributed by atoms with van der Waals surface area (Å²) in [5.41, 5.74) is 4.29. The van der Waals surface area contributed by atoms with Crippen molar-refractivity contribution >= 4 is 28.2 Å². The maximum absolute atomic E-state index is 4.77. The van der Waals surface area contributed by atoms with E-state index in [9.17, 15) is 0 Å². The summed E-state index contributed by atoms with van der Waals surface area (Å²) in [5.74, 6) is 0. The highest BCUT2D eigenvalue weighted by Crippen LogP contribution is 2.19. The molecule has 2 aromatic carbocycles. The van der Waals surface area contributed by atoms with Gasteiger partial charge in [-0.2, -0.15) is 5.10 Å². The van der Waals surface area contributed by atoms with Gasteiger partial charge in [0.2, 0.25) is 0 Å². The van der Waals surface area contributed by atoms with Gasteiger partial charge in [0.1, 0.15) is 0 Å². The molecule has 2 aromatic heterocycles. The van der Waals surface area contributed by atoms with Crippen LogP contribution in [0.2, 0.25) is 0 Å². The minimum atomic E-state index is 0.714. The SMILES string of the molecule is Cc1nc2sccn2c1C=NN(Cc1ccccc1)c1ccccc1. The largest absolute Gasteiger partial charge is 0.289 e. The van der Waals surface area contributed by atoms with E-state index in [1.165, 1.54) is 5.56 Å². The van der Waals surface area contributed by atoms with Gasteiger partial charge in [0.25, 0.3) is 0 Å². The molecule has 4 nitrogen and oxygen atoms in total. The lowest BCUT2D eigenvalue weighted by Crippen LogP contribution is -2.16. The molecule has 0 saturated carbocycles. The Morgan fingerprint density at radius 3 is 2.56 bits per heavy atom. The second kappa shape index (κ2) is 6.91. The van der Waals surface area contributed by atoms with E-state index in [1.54, 1.807) is 11.3 Å². The van der Waals surface area contributed by atoms with Crippen LogP contribution in [0.4, 0.5) is 5.69 Å². The van der Waals surface area contributed by atoms with E-state index in [4.69, 9.17) is 5.10 Å². The summed E-state index contributed by atoms with van der Waals surface area (Å²) < 4.78 is 2.08. The smallest absolute Gasteiger partial charge is 0.194 e. The zero-order valence-electron chi connectivity index (χ0n) is 13.9. The third-order valence-electron chi connectivity index (χ3n) is 4.03. The first-order valence-electron chi connectivity index (χ1n) is 8.14. The number of hydrogen-bond donors (Lipinski definition) is 0. The average molecular weight is 346 g/mol. The molecule has 0 aliphatic heterocycles. The number of aromatic nitrogens is 2. The number of aryl methyl sites for hydroxylation is 1. The summed E-state index contributed by atoms with van der Waals surface area (Å²) in [6, 6.07) is 20.6. The average Bonchev–Trinajstić information content (AvgIpc) is 3.21. The van der Waals surface area contributed by atoms with Gasteiger partial charge in [-0.1, -0.05) is 48.5 Å². The molecule has 0 aliphatic rings. The van der Waals surface area contributed by atoms with E-state index in [0.717, 1.165) is 22.0 Å². The Morgan fingerprint density at radius 2 is 1.80 bits per heavy atom. The highest BCUT2D eigenvalue weighted by molar-refractivity contribution is 7.15.